The first-order valence-electron chi connectivity index (χ1n) is 6.93. The predicted molar refractivity (Wildman–Crippen MR) is 82.3 cm³/mol. The highest BCUT2D eigenvalue weighted by Gasteiger charge is 2.32. The van der Waals surface area contributed by atoms with Crippen LogP contribution in [-0.4, -0.2) is 67.2 Å². The van der Waals surface area contributed by atoms with Crippen LogP contribution in [0.4, 0.5) is 4.79 Å². The molecule has 2 amide bonds. The van der Waals surface area contributed by atoms with E-state index in [0.29, 0.717) is 0 Å². The molecule has 1 unspecified atom stereocenters. The van der Waals surface area contributed by atoms with Gasteiger partial charge in [-0.05, 0) is 20.8 Å². The van der Waals surface area contributed by atoms with E-state index in [2.05, 4.69) is 6.58 Å². The van der Waals surface area contributed by atoms with E-state index in [1.165, 1.54) is 18.0 Å². The maximum Gasteiger partial charge on any atom is 0.410 e. The van der Waals surface area contributed by atoms with Crippen molar-refractivity contribution in [1.29, 1.82) is 0 Å². The molecule has 0 fully saturated rings. The highest BCUT2D eigenvalue weighted by Crippen LogP contribution is 2.13. The minimum Gasteiger partial charge on any atom is -0.460 e. The zero-order chi connectivity index (χ0) is 17.5. The van der Waals surface area contributed by atoms with Gasteiger partial charge in [0, 0.05) is 21.1 Å². The summed E-state index contributed by atoms with van der Waals surface area (Å²) in [5.74, 6) is -0.944. The van der Waals surface area contributed by atoms with E-state index in [1.807, 2.05) is 0 Å². The second kappa shape index (κ2) is 8.41. The van der Waals surface area contributed by atoms with Gasteiger partial charge in [-0.15, -0.1) is 0 Å². The summed E-state index contributed by atoms with van der Waals surface area (Å²) >= 11 is 0. The van der Waals surface area contributed by atoms with Gasteiger partial charge >= 0.3 is 12.1 Å². The van der Waals surface area contributed by atoms with E-state index in [0.717, 1.165) is 4.90 Å². The Bertz CT molecular complexity index is 426. The molecule has 0 N–H and O–H groups in total. The van der Waals surface area contributed by atoms with Gasteiger partial charge in [-0.2, -0.15) is 0 Å². The number of amides is 2. The van der Waals surface area contributed by atoms with E-state index < -0.39 is 23.7 Å². The van der Waals surface area contributed by atoms with Crippen molar-refractivity contribution in [3.8, 4) is 0 Å². The Balaban J connectivity index is 5.05. The van der Waals surface area contributed by atoms with Gasteiger partial charge in [0.1, 0.15) is 18.2 Å². The Labute approximate surface area is 131 Å². The van der Waals surface area contributed by atoms with E-state index >= 15 is 0 Å². The van der Waals surface area contributed by atoms with E-state index in [4.69, 9.17) is 9.47 Å². The fourth-order valence-electron chi connectivity index (χ4n) is 1.59. The van der Waals surface area contributed by atoms with Crippen LogP contribution in [0.1, 0.15) is 27.2 Å². The van der Waals surface area contributed by atoms with Crippen molar-refractivity contribution in [3.63, 3.8) is 0 Å². The summed E-state index contributed by atoms with van der Waals surface area (Å²) in [4.78, 5) is 38.4. The Morgan fingerprint density at radius 1 is 1.18 bits per heavy atom. The highest BCUT2D eigenvalue weighted by molar-refractivity contribution is 5.89. The zero-order valence-electron chi connectivity index (χ0n) is 14.2. The Kier molecular flexibility index (Phi) is 7.62. The molecular weight excluding hydrogens is 288 g/mol. The van der Waals surface area contributed by atoms with Crippen molar-refractivity contribution >= 4 is 18.0 Å². The zero-order valence-corrected chi connectivity index (χ0v) is 14.2. The number of ether oxygens (including phenoxy) is 2. The molecule has 0 saturated carbocycles. The van der Waals surface area contributed by atoms with Gasteiger partial charge in [-0.25, -0.2) is 4.79 Å². The molecule has 1 atom stereocenters. The molecule has 0 saturated heterocycles. The van der Waals surface area contributed by atoms with Crippen molar-refractivity contribution < 1.29 is 23.9 Å². The SMILES string of the molecule is C=CCOC(=O)N(C)C(CC(=O)OC(C)(C)C)C(=O)N(C)C. The maximum atomic E-state index is 12.2. The van der Waals surface area contributed by atoms with E-state index in [9.17, 15) is 14.4 Å². The second-order valence-electron chi connectivity index (χ2n) is 6.02. The van der Waals surface area contributed by atoms with Crippen LogP contribution in [-0.2, 0) is 19.1 Å². The largest absolute Gasteiger partial charge is 0.460 e. The summed E-state index contributed by atoms with van der Waals surface area (Å²) in [5.41, 5.74) is -0.662. The first kappa shape index (κ1) is 19.9. The monoisotopic (exact) mass is 314 g/mol. The van der Waals surface area contributed by atoms with E-state index in [1.54, 1.807) is 34.9 Å². The number of hydrogen-bond acceptors (Lipinski definition) is 5. The van der Waals surface area contributed by atoms with Gasteiger partial charge in [-0.1, -0.05) is 12.7 Å². The molecular formula is C15H26N2O5. The summed E-state index contributed by atoms with van der Waals surface area (Å²) in [5, 5.41) is 0. The van der Waals surface area contributed by atoms with Gasteiger partial charge in [0.25, 0.3) is 0 Å². The molecule has 0 aromatic rings. The molecule has 0 aromatic carbocycles. The first-order chi connectivity index (χ1) is 9.99. The third-order valence-corrected chi connectivity index (χ3v) is 2.59. The lowest BCUT2D eigenvalue weighted by atomic mass is 10.1. The van der Waals surface area contributed by atoms with Crippen LogP contribution in [0.2, 0.25) is 0 Å². The van der Waals surface area contributed by atoms with Crippen LogP contribution in [0.25, 0.3) is 0 Å². The third kappa shape index (κ3) is 7.10. The molecule has 0 bridgehead atoms. The number of esters is 1. The standard InChI is InChI=1S/C15H26N2O5/c1-8-9-21-14(20)17(7)11(13(19)16(5)6)10-12(18)22-15(2,3)4/h8,11H,1,9-10H2,2-7H3. The van der Waals surface area contributed by atoms with E-state index in [-0.39, 0.29) is 18.9 Å². The molecule has 0 aromatic heterocycles. The number of hydrogen-bond donors (Lipinski definition) is 0. The smallest absolute Gasteiger partial charge is 0.410 e. The highest BCUT2D eigenvalue weighted by atomic mass is 16.6. The molecule has 0 rings (SSSR count). The fraction of sp³-hybridized carbons (Fsp3) is 0.667. The molecule has 7 nitrogen and oxygen atoms in total. The predicted octanol–water partition coefficient (Wildman–Crippen LogP) is 1.43. The van der Waals surface area contributed by atoms with Crippen LogP contribution in [0.15, 0.2) is 12.7 Å². The quantitative estimate of drug-likeness (QED) is 0.547. The second-order valence-corrected chi connectivity index (χ2v) is 6.02. The molecule has 0 aliphatic rings. The number of carbonyl (C=O) groups excluding carboxylic acids is 3. The van der Waals surface area contributed by atoms with Gasteiger partial charge in [0.15, 0.2) is 0 Å². The average molecular weight is 314 g/mol. The third-order valence-electron chi connectivity index (χ3n) is 2.59. The average Bonchev–Trinajstić information content (AvgIpc) is 2.38. The fourth-order valence-corrected chi connectivity index (χ4v) is 1.59. The lowest BCUT2D eigenvalue weighted by Gasteiger charge is -2.29. The Morgan fingerprint density at radius 2 is 1.73 bits per heavy atom. The molecule has 0 aliphatic heterocycles. The summed E-state index contributed by atoms with van der Waals surface area (Å²) in [6.45, 7) is 8.67. The number of likely N-dealkylation sites (N-methyl/N-ethyl adjacent to an activating group) is 2. The molecule has 22 heavy (non-hydrogen) atoms. The number of rotatable bonds is 6. The van der Waals surface area contributed by atoms with Gasteiger partial charge in [-0.3, -0.25) is 14.5 Å². The van der Waals surface area contributed by atoms with Gasteiger partial charge < -0.3 is 14.4 Å². The summed E-state index contributed by atoms with van der Waals surface area (Å²) < 4.78 is 10.1. The van der Waals surface area contributed by atoms with Crippen LogP contribution in [0.3, 0.4) is 0 Å². The van der Waals surface area contributed by atoms with Crippen molar-refractivity contribution in [2.45, 2.75) is 38.8 Å². The Morgan fingerprint density at radius 3 is 2.14 bits per heavy atom. The van der Waals surface area contributed by atoms with Gasteiger partial charge in [0.2, 0.25) is 5.91 Å². The van der Waals surface area contributed by atoms with Crippen molar-refractivity contribution in [2.75, 3.05) is 27.7 Å². The van der Waals surface area contributed by atoms with Crippen LogP contribution in [0, 0.1) is 0 Å². The molecule has 0 radical (unpaired) electrons. The van der Waals surface area contributed by atoms with Crippen LogP contribution in [0.5, 0.6) is 0 Å². The van der Waals surface area contributed by atoms with Crippen molar-refractivity contribution in [2.24, 2.45) is 0 Å². The summed E-state index contributed by atoms with van der Waals surface area (Å²) in [7, 11) is 4.50. The number of nitrogens with zero attached hydrogens (tertiary/aromatic N) is 2. The van der Waals surface area contributed by atoms with Crippen molar-refractivity contribution in [1.82, 2.24) is 9.80 Å². The maximum absolute atomic E-state index is 12.2. The summed E-state index contributed by atoms with van der Waals surface area (Å²) in [6.07, 6.45) is 0.472. The van der Waals surface area contributed by atoms with Gasteiger partial charge in [0.05, 0.1) is 6.42 Å². The normalized spacial score (nSPS) is 12.1. The summed E-state index contributed by atoms with van der Waals surface area (Å²) in [6, 6.07) is -0.984. The minimum atomic E-state index is -0.984. The molecule has 0 spiro atoms. The topological polar surface area (TPSA) is 76.1 Å². The molecule has 7 heteroatoms. The Hall–Kier alpha value is -2.05. The molecule has 126 valence electrons. The molecule has 0 aliphatic carbocycles. The minimum absolute atomic E-state index is 0.0263. The van der Waals surface area contributed by atoms with Crippen LogP contribution >= 0.6 is 0 Å². The molecule has 0 heterocycles. The number of carbonyl (C=O) groups is 3. The van der Waals surface area contributed by atoms with Crippen molar-refractivity contribution in [3.05, 3.63) is 12.7 Å². The first-order valence-corrected chi connectivity index (χ1v) is 6.93. The lowest BCUT2D eigenvalue weighted by Crippen LogP contribution is -2.49. The van der Waals surface area contributed by atoms with Crippen LogP contribution < -0.4 is 0 Å². The lowest BCUT2D eigenvalue weighted by molar-refractivity contribution is -0.158.